The van der Waals surface area contributed by atoms with E-state index in [1.165, 1.54) is 12.1 Å². The Labute approximate surface area is 110 Å². The van der Waals surface area contributed by atoms with Crippen molar-refractivity contribution in [2.75, 3.05) is 6.79 Å². The lowest BCUT2D eigenvalue weighted by atomic mass is 9.99. The standard InChI is InChI=1S/C15H13FO3/c1-9-4-11(6-12(16)5-9)15(17)10-2-3-13-14(7-10)19-8-18-13/h2-7,15,17H,8H2,1H3. The summed E-state index contributed by atoms with van der Waals surface area (Å²) in [7, 11) is 0. The molecule has 1 heterocycles. The van der Waals surface area contributed by atoms with E-state index in [1.54, 1.807) is 31.2 Å². The van der Waals surface area contributed by atoms with E-state index >= 15 is 0 Å². The summed E-state index contributed by atoms with van der Waals surface area (Å²) >= 11 is 0. The third kappa shape index (κ3) is 2.27. The fraction of sp³-hybridized carbons (Fsp3) is 0.200. The number of ether oxygens (including phenoxy) is 2. The Bertz CT molecular complexity index is 605. The number of fused-ring (bicyclic) bond motifs is 1. The molecule has 2 aromatic carbocycles. The Morgan fingerprint density at radius 1 is 1.05 bits per heavy atom. The van der Waals surface area contributed by atoms with Gasteiger partial charge in [-0.25, -0.2) is 4.39 Å². The van der Waals surface area contributed by atoms with Crippen LogP contribution in [0.1, 0.15) is 22.8 Å². The molecular weight excluding hydrogens is 247 g/mol. The second-order valence-corrected chi connectivity index (χ2v) is 4.58. The molecule has 1 N–H and O–H groups in total. The van der Waals surface area contributed by atoms with Crippen LogP contribution in [-0.4, -0.2) is 11.9 Å². The highest BCUT2D eigenvalue weighted by molar-refractivity contribution is 5.46. The Morgan fingerprint density at radius 3 is 2.63 bits per heavy atom. The second-order valence-electron chi connectivity index (χ2n) is 4.58. The van der Waals surface area contributed by atoms with E-state index in [0.717, 1.165) is 5.56 Å². The Hall–Kier alpha value is -2.07. The maximum absolute atomic E-state index is 13.4. The van der Waals surface area contributed by atoms with Gasteiger partial charge in [-0.3, -0.25) is 0 Å². The second kappa shape index (κ2) is 4.55. The van der Waals surface area contributed by atoms with Crippen LogP contribution in [0.3, 0.4) is 0 Å². The molecular formula is C15H13FO3. The number of aliphatic hydroxyl groups is 1. The first-order chi connectivity index (χ1) is 9.13. The summed E-state index contributed by atoms with van der Waals surface area (Å²) in [4.78, 5) is 0. The molecule has 1 aliphatic heterocycles. The van der Waals surface area contributed by atoms with Gasteiger partial charge in [-0.1, -0.05) is 12.1 Å². The van der Waals surface area contributed by atoms with E-state index in [4.69, 9.17) is 9.47 Å². The molecule has 0 saturated carbocycles. The molecule has 0 amide bonds. The monoisotopic (exact) mass is 260 g/mol. The first-order valence-corrected chi connectivity index (χ1v) is 5.98. The average molecular weight is 260 g/mol. The molecule has 0 aromatic heterocycles. The zero-order chi connectivity index (χ0) is 13.4. The highest BCUT2D eigenvalue weighted by Gasteiger charge is 2.18. The Kier molecular flexibility index (Phi) is 2.87. The molecule has 3 nitrogen and oxygen atoms in total. The summed E-state index contributed by atoms with van der Waals surface area (Å²) in [5, 5.41) is 10.3. The molecule has 1 atom stereocenters. The minimum absolute atomic E-state index is 0.188. The van der Waals surface area contributed by atoms with Crippen molar-refractivity contribution in [1.82, 2.24) is 0 Å². The molecule has 2 aromatic rings. The molecule has 0 aliphatic carbocycles. The van der Waals surface area contributed by atoms with Gasteiger partial charge >= 0.3 is 0 Å². The topological polar surface area (TPSA) is 38.7 Å². The van der Waals surface area contributed by atoms with E-state index < -0.39 is 6.10 Å². The maximum Gasteiger partial charge on any atom is 0.231 e. The predicted molar refractivity (Wildman–Crippen MR) is 67.8 cm³/mol. The van der Waals surface area contributed by atoms with Gasteiger partial charge in [-0.2, -0.15) is 0 Å². The van der Waals surface area contributed by atoms with Crippen molar-refractivity contribution in [3.63, 3.8) is 0 Å². The van der Waals surface area contributed by atoms with Crippen LogP contribution in [0.15, 0.2) is 36.4 Å². The number of hydrogen-bond donors (Lipinski definition) is 1. The molecule has 0 bridgehead atoms. The highest BCUT2D eigenvalue weighted by Crippen LogP contribution is 2.35. The van der Waals surface area contributed by atoms with Crippen LogP contribution in [0, 0.1) is 12.7 Å². The largest absolute Gasteiger partial charge is 0.454 e. The number of halogens is 1. The van der Waals surface area contributed by atoms with Gasteiger partial charge in [0.2, 0.25) is 6.79 Å². The Morgan fingerprint density at radius 2 is 1.84 bits per heavy atom. The molecule has 98 valence electrons. The number of hydrogen-bond acceptors (Lipinski definition) is 3. The number of aryl methyl sites for hydroxylation is 1. The normalized spacial score (nSPS) is 14.5. The summed E-state index contributed by atoms with van der Waals surface area (Å²) in [6.45, 7) is 1.98. The van der Waals surface area contributed by atoms with Crippen LogP contribution in [0.25, 0.3) is 0 Å². The van der Waals surface area contributed by atoms with Gasteiger partial charge in [-0.15, -0.1) is 0 Å². The molecule has 3 rings (SSSR count). The maximum atomic E-state index is 13.4. The van der Waals surface area contributed by atoms with Gasteiger partial charge in [0.05, 0.1) is 0 Å². The number of benzene rings is 2. The minimum atomic E-state index is -0.885. The molecule has 0 fully saturated rings. The lowest BCUT2D eigenvalue weighted by molar-refractivity contribution is 0.173. The van der Waals surface area contributed by atoms with Gasteiger partial charge in [0.15, 0.2) is 11.5 Å². The predicted octanol–water partition coefficient (Wildman–Crippen LogP) is 2.94. The lowest BCUT2D eigenvalue weighted by Gasteiger charge is -2.13. The van der Waals surface area contributed by atoms with Gasteiger partial charge < -0.3 is 14.6 Å². The fourth-order valence-electron chi connectivity index (χ4n) is 2.20. The van der Waals surface area contributed by atoms with Gasteiger partial charge in [0.25, 0.3) is 0 Å². The summed E-state index contributed by atoms with van der Waals surface area (Å²) in [5.74, 6) is 0.908. The smallest absolute Gasteiger partial charge is 0.231 e. The zero-order valence-electron chi connectivity index (χ0n) is 10.4. The van der Waals surface area contributed by atoms with E-state index in [1.807, 2.05) is 0 Å². The zero-order valence-corrected chi connectivity index (χ0v) is 10.4. The molecule has 0 radical (unpaired) electrons. The van der Waals surface area contributed by atoms with Crippen LogP contribution >= 0.6 is 0 Å². The lowest BCUT2D eigenvalue weighted by Crippen LogP contribution is -2.01. The SMILES string of the molecule is Cc1cc(F)cc(C(O)c2ccc3c(c2)OCO3)c1. The first kappa shape index (κ1) is 12.0. The van der Waals surface area contributed by atoms with Crippen LogP contribution in [-0.2, 0) is 0 Å². The van der Waals surface area contributed by atoms with Crippen molar-refractivity contribution in [2.45, 2.75) is 13.0 Å². The number of aliphatic hydroxyl groups excluding tert-OH is 1. The fourth-order valence-corrected chi connectivity index (χ4v) is 2.20. The quantitative estimate of drug-likeness (QED) is 0.902. The highest BCUT2D eigenvalue weighted by atomic mass is 19.1. The summed E-state index contributed by atoms with van der Waals surface area (Å²) in [6.07, 6.45) is -0.885. The van der Waals surface area contributed by atoms with E-state index in [9.17, 15) is 9.50 Å². The third-order valence-corrected chi connectivity index (χ3v) is 3.09. The number of rotatable bonds is 2. The molecule has 19 heavy (non-hydrogen) atoms. The van der Waals surface area contributed by atoms with Crippen molar-refractivity contribution in [3.8, 4) is 11.5 Å². The van der Waals surface area contributed by atoms with Crippen molar-refractivity contribution >= 4 is 0 Å². The molecule has 0 spiro atoms. The first-order valence-electron chi connectivity index (χ1n) is 5.98. The van der Waals surface area contributed by atoms with Gasteiger partial charge in [-0.05, 0) is 47.9 Å². The molecule has 0 saturated heterocycles. The summed E-state index contributed by atoms with van der Waals surface area (Å²) in [6, 6.07) is 9.73. The summed E-state index contributed by atoms with van der Waals surface area (Å²) < 4.78 is 23.8. The van der Waals surface area contributed by atoms with Crippen LogP contribution in [0.2, 0.25) is 0 Å². The van der Waals surface area contributed by atoms with Crippen molar-refractivity contribution in [1.29, 1.82) is 0 Å². The van der Waals surface area contributed by atoms with E-state index in [0.29, 0.717) is 22.6 Å². The van der Waals surface area contributed by atoms with Crippen molar-refractivity contribution in [3.05, 3.63) is 58.9 Å². The summed E-state index contributed by atoms with van der Waals surface area (Å²) in [5.41, 5.74) is 1.94. The van der Waals surface area contributed by atoms with Gasteiger partial charge in [0, 0.05) is 0 Å². The molecule has 4 heteroatoms. The molecule has 1 aliphatic rings. The third-order valence-electron chi connectivity index (χ3n) is 3.09. The van der Waals surface area contributed by atoms with E-state index in [-0.39, 0.29) is 12.6 Å². The van der Waals surface area contributed by atoms with Gasteiger partial charge in [0.1, 0.15) is 11.9 Å². The minimum Gasteiger partial charge on any atom is -0.454 e. The van der Waals surface area contributed by atoms with Crippen molar-refractivity contribution in [2.24, 2.45) is 0 Å². The van der Waals surface area contributed by atoms with E-state index in [2.05, 4.69) is 0 Å². The van der Waals surface area contributed by atoms with Crippen LogP contribution in [0.5, 0.6) is 11.5 Å². The van der Waals surface area contributed by atoms with Crippen molar-refractivity contribution < 1.29 is 19.0 Å². The average Bonchev–Trinajstić information content (AvgIpc) is 2.83. The molecule has 1 unspecified atom stereocenters. The van der Waals surface area contributed by atoms with Crippen LogP contribution < -0.4 is 9.47 Å². The Balaban J connectivity index is 1.97. The van der Waals surface area contributed by atoms with Crippen LogP contribution in [0.4, 0.5) is 4.39 Å².